The second-order valence-corrected chi connectivity index (χ2v) is 1.52. The molecule has 1 rings (SSSR count). The van der Waals surface area contributed by atoms with Crippen LogP contribution in [0, 0.1) is 0 Å². The Morgan fingerprint density at radius 2 is 1.17 bits per heavy atom. The van der Waals surface area contributed by atoms with Gasteiger partial charge in [-0.3, -0.25) is 0 Å². The van der Waals surface area contributed by atoms with Gasteiger partial charge in [0.05, 0.1) is 0 Å². The third-order valence-electron chi connectivity index (χ3n) is 0.830. The second kappa shape index (κ2) is 9.82. The van der Waals surface area contributed by atoms with Gasteiger partial charge in [0.1, 0.15) is 11.5 Å². The van der Waals surface area contributed by atoms with Crippen molar-refractivity contribution >= 4 is 0 Å². The van der Waals surface area contributed by atoms with Gasteiger partial charge in [0, 0.05) is 6.07 Å². The Morgan fingerprint density at radius 1 is 0.833 bits per heavy atom. The van der Waals surface area contributed by atoms with Gasteiger partial charge in [0.15, 0.2) is 0 Å². The largest absolute Gasteiger partial charge is 0.508 e. The number of hydrogen-bond donors (Lipinski definition) is 2. The van der Waals surface area contributed by atoms with Crippen LogP contribution in [0.25, 0.3) is 0 Å². The third kappa shape index (κ3) is 6.93. The number of phenols is 2. The van der Waals surface area contributed by atoms with E-state index in [2.05, 4.69) is 0 Å². The molecule has 0 heterocycles. The predicted molar refractivity (Wildman–Crippen MR) is 52.5 cm³/mol. The molecule has 2 N–H and O–H groups in total. The molecule has 0 aromatic heterocycles. The van der Waals surface area contributed by atoms with Gasteiger partial charge in [-0.15, -0.1) is 0 Å². The van der Waals surface area contributed by atoms with E-state index in [1.165, 1.54) is 18.2 Å². The van der Waals surface area contributed by atoms with Crippen LogP contribution in [0.3, 0.4) is 0 Å². The topological polar surface area (TPSA) is 40.5 Å². The average Bonchev–Trinajstić information content (AvgIpc) is 2.11. The molecular formula is C10H18O2. The fraction of sp³-hybridized carbons (Fsp3) is 0.400. The van der Waals surface area contributed by atoms with Crippen molar-refractivity contribution in [2.45, 2.75) is 27.7 Å². The minimum Gasteiger partial charge on any atom is -0.508 e. The molecule has 0 atom stereocenters. The molecule has 1 aromatic carbocycles. The fourth-order valence-electron chi connectivity index (χ4n) is 0.493. The molecule has 0 aliphatic carbocycles. The van der Waals surface area contributed by atoms with E-state index in [0.29, 0.717) is 0 Å². The average molecular weight is 170 g/mol. The van der Waals surface area contributed by atoms with Crippen molar-refractivity contribution in [2.24, 2.45) is 0 Å². The molecule has 0 aliphatic rings. The highest BCUT2D eigenvalue weighted by atomic mass is 16.3. The summed E-state index contributed by atoms with van der Waals surface area (Å²) in [6.45, 7) is 8.00. The molecule has 0 saturated carbocycles. The molecule has 0 radical (unpaired) electrons. The normalized spacial score (nSPS) is 7.00. The van der Waals surface area contributed by atoms with Crippen LogP contribution in [0.1, 0.15) is 27.7 Å². The highest BCUT2D eigenvalue weighted by molar-refractivity contribution is 5.30. The Labute approximate surface area is 74.5 Å². The molecule has 0 bridgehead atoms. The monoisotopic (exact) mass is 170 g/mol. The van der Waals surface area contributed by atoms with Crippen LogP contribution in [0.5, 0.6) is 11.5 Å². The molecule has 12 heavy (non-hydrogen) atoms. The van der Waals surface area contributed by atoms with Crippen molar-refractivity contribution in [3.8, 4) is 11.5 Å². The minimum absolute atomic E-state index is 0.0880. The Balaban J connectivity index is 0. The lowest BCUT2D eigenvalue weighted by Crippen LogP contribution is -1.61. The quantitative estimate of drug-likeness (QED) is 0.628. The number of benzene rings is 1. The highest BCUT2D eigenvalue weighted by Gasteiger charge is 1.85. The fourth-order valence-corrected chi connectivity index (χ4v) is 0.493. The van der Waals surface area contributed by atoms with E-state index in [1.54, 1.807) is 6.07 Å². The summed E-state index contributed by atoms with van der Waals surface area (Å²) < 4.78 is 0. The number of rotatable bonds is 0. The van der Waals surface area contributed by atoms with E-state index in [1.807, 2.05) is 27.7 Å². The van der Waals surface area contributed by atoms with Crippen LogP contribution in [0.2, 0.25) is 0 Å². The Kier molecular flexibility index (Phi) is 11.0. The van der Waals surface area contributed by atoms with Crippen LogP contribution in [0.4, 0.5) is 0 Å². The van der Waals surface area contributed by atoms with Crippen LogP contribution >= 0.6 is 0 Å². The first-order valence-corrected chi connectivity index (χ1v) is 4.27. The van der Waals surface area contributed by atoms with Crippen molar-refractivity contribution in [1.82, 2.24) is 0 Å². The standard InChI is InChI=1S/C6H6O2.2C2H6/c7-5-2-1-3-6(8)4-5;2*1-2/h1-4,7-8H;2*1-2H3. The summed E-state index contributed by atoms with van der Waals surface area (Å²) >= 11 is 0. The maximum atomic E-state index is 8.65. The van der Waals surface area contributed by atoms with E-state index >= 15 is 0 Å². The third-order valence-corrected chi connectivity index (χ3v) is 0.830. The molecule has 0 fully saturated rings. The maximum Gasteiger partial charge on any atom is 0.119 e. The summed E-state index contributed by atoms with van der Waals surface area (Å²) in [6, 6.07) is 5.85. The van der Waals surface area contributed by atoms with Gasteiger partial charge in [-0.1, -0.05) is 33.8 Å². The zero-order valence-electron chi connectivity index (χ0n) is 8.20. The zero-order chi connectivity index (χ0) is 9.98. The molecule has 0 saturated heterocycles. The number of aromatic hydroxyl groups is 2. The molecule has 0 unspecified atom stereocenters. The Bertz CT molecular complexity index is 168. The Hall–Kier alpha value is -1.18. The van der Waals surface area contributed by atoms with Gasteiger partial charge >= 0.3 is 0 Å². The van der Waals surface area contributed by atoms with Gasteiger partial charge in [0.2, 0.25) is 0 Å². The van der Waals surface area contributed by atoms with Crippen molar-refractivity contribution in [1.29, 1.82) is 0 Å². The first-order chi connectivity index (χ1) is 5.79. The minimum atomic E-state index is 0.0880. The summed E-state index contributed by atoms with van der Waals surface area (Å²) in [5.74, 6) is 0.176. The van der Waals surface area contributed by atoms with Crippen LogP contribution in [0.15, 0.2) is 24.3 Å². The predicted octanol–water partition coefficient (Wildman–Crippen LogP) is 3.15. The molecule has 0 spiro atoms. The molecule has 70 valence electrons. The summed E-state index contributed by atoms with van der Waals surface area (Å²) in [4.78, 5) is 0. The zero-order valence-corrected chi connectivity index (χ0v) is 8.20. The van der Waals surface area contributed by atoms with Crippen molar-refractivity contribution in [3.63, 3.8) is 0 Å². The van der Waals surface area contributed by atoms with Crippen molar-refractivity contribution in [3.05, 3.63) is 24.3 Å². The first-order valence-electron chi connectivity index (χ1n) is 4.27. The molecule has 1 aromatic rings. The lowest BCUT2D eigenvalue weighted by atomic mass is 10.3. The van der Waals surface area contributed by atoms with Crippen molar-refractivity contribution < 1.29 is 10.2 Å². The second-order valence-electron chi connectivity index (χ2n) is 1.52. The van der Waals surface area contributed by atoms with Gasteiger partial charge in [0.25, 0.3) is 0 Å². The number of phenolic OH excluding ortho intramolecular Hbond substituents is 2. The SMILES string of the molecule is CC.CC.Oc1cccc(O)c1. The van der Waals surface area contributed by atoms with Gasteiger partial charge in [-0.25, -0.2) is 0 Å². The van der Waals surface area contributed by atoms with Gasteiger partial charge < -0.3 is 10.2 Å². The lowest BCUT2D eigenvalue weighted by molar-refractivity contribution is 0.450. The smallest absolute Gasteiger partial charge is 0.119 e. The van der Waals surface area contributed by atoms with Crippen molar-refractivity contribution in [2.75, 3.05) is 0 Å². The van der Waals surface area contributed by atoms with Gasteiger partial charge in [-0.05, 0) is 12.1 Å². The highest BCUT2D eigenvalue weighted by Crippen LogP contribution is 2.14. The van der Waals surface area contributed by atoms with E-state index in [-0.39, 0.29) is 11.5 Å². The maximum absolute atomic E-state index is 8.65. The molecule has 0 amide bonds. The Morgan fingerprint density at radius 3 is 1.33 bits per heavy atom. The molecular weight excluding hydrogens is 152 g/mol. The summed E-state index contributed by atoms with van der Waals surface area (Å²) in [7, 11) is 0. The first kappa shape index (κ1) is 13.4. The molecule has 0 aliphatic heterocycles. The van der Waals surface area contributed by atoms with E-state index in [9.17, 15) is 0 Å². The van der Waals surface area contributed by atoms with Crippen LogP contribution in [-0.4, -0.2) is 10.2 Å². The summed E-state index contributed by atoms with van der Waals surface area (Å²) in [5, 5.41) is 17.3. The molecule has 2 nitrogen and oxygen atoms in total. The van der Waals surface area contributed by atoms with E-state index < -0.39 is 0 Å². The van der Waals surface area contributed by atoms with E-state index in [0.717, 1.165) is 0 Å². The van der Waals surface area contributed by atoms with E-state index in [4.69, 9.17) is 10.2 Å². The molecule has 2 heteroatoms. The summed E-state index contributed by atoms with van der Waals surface area (Å²) in [6.07, 6.45) is 0. The lowest BCUT2D eigenvalue weighted by Gasteiger charge is -1.89. The van der Waals surface area contributed by atoms with Gasteiger partial charge in [-0.2, -0.15) is 0 Å². The van der Waals surface area contributed by atoms with Crippen LogP contribution < -0.4 is 0 Å². The summed E-state index contributed by atoms with van der Waals surface area (Å²) in [5.41, 5.74) is 0. The van der Waals surface area contributed by atoms with Crippen LogP contribution in [-0.2, 0) is 0 Å². The number of hydrogen-bond acceptors (Lipinski definition) is 2.